The molecule has 3 N–H and O–H groups in total. The Hall–Kier alpha value is -2.88. The van der Waals surface area contributed by atoms with E-state index < -0.39 is 29.7 Å². The van der Waals surface area contributed by atoms with Gasteiger partial charge in [-0.15, -0.1) is 0 Å². The van der Waals surface area contributed by atoms with Crippen LogP contribution in [0.4, 0.5) is 8.78 Å². The highest BCUT2D eigenvalue weighted by atomic mass is 19.1. The van der Waals surface area contributed by atoms with E-state index in [1.54, 1.807) is 23.1 Å². The fourth-order valence-electron chi connectivity index (χ4n) is 6.72. The number of aryl methyl sites for hydroxylation is 1. The number of rotatable bonds is 14. The number of halogens is 2. The molecule has 2 amide bonds. The number of carbonyl (C=O) groups excluding carboxylic acids is 2. The van der Waals surface area contributed by atoms with Crippen LogP contribution in [0.3, 0.4) is 0 Å². The van der Waals surface area contributed by atoms with Crippen molar-refractivity contribution in [1.29, 1.82) is 0 Å². The third-order valence-electron chi connectivity index (χ3n) is 9.05. The summed E-state index contributed by atoms with van der Waals surface area (Å²) in [6.45, 7) is 8.50. The predicted octanol–water partition coefficient (Wildman–Crippen LogP) is 5.95. The minimum Gasteiger partial charge on any atom is -0.389 e. The number of aliphatic hydroxyl groups is 1. The van der Waals surface area contributed by atoms with E-state index in [0.717, 1.165) is 43.7 Å². The van der Waals surface area contributed by atoms with E-state index in [0.29, 0.717) is 61.4 Å². The van der Waals surface area contributed by atoms with Crippen molar-refractivity contribution < 1.29 is 28.2 Å². The average molecular weight is 628 g/mol. The summed E-state index contributed by atoms with van der Waals surface area (Å²) in [7, 11) is 0. The summed E-state index contributed by atoms with van der Waals surface area (Å²) in [4.78, 5) is 28.8. The van der Waals surface area contributed by atoms with E-state index in [-0.39, 0.29) is 18.4 Å². The van der Waals surface area contributed by atoms with Crippen LogP contribution in [-0.2, 0) is 11.2 Å². The molecule has 0 spiro atoms. The molecule has 248 valence electrons. The van der Waals surface area contributed by atoms with Gasteiger partial charge in [0, 0.05) is 42.9 Å². The normalized spacial score (nSPS) is 20.4. The van der Waals surface area contributed by atoms with Gasteiger partial charge in [0.15, 0.2) is 0 Å². The highest BCUT2D eigenvalue weighted by Crippen LogP contribution is 2.25. The van der Waals surface area contributed by atoms with E-state index in [1.807, 2.05) is 20.8 Å². The minimum atomic E-state index is -1.02. The molecule has 9 heteroatoms. The summed E-state index contributed by atoms with van der Waals surface area (Å²) >= 11 is 0. The first-order chi connectivity index (χ1) is 21.7. The highest BCUT2D eigenvalue weighted by molar-refractivity contribution is 6.00. The Balaban J connectivity index is 1.47. The molecule has 4 atom stereocenters. The second kappa shape index (κ2) is 17.2. The van der Waals surface area contributed by atoms with Gasteiger partial charge in [0.05, 0.1) is 24.9 Å². The maximum Gasteiger partial charge on any atom is 0.253 e. The molecule has 1 saturated heterocycles. The van der Waals surface area contributed by atoms with Crippen molar-refractivity contribution in [3.63, 3.8) is 0 Å². The van der Waals surface area contributed by atoms with Gasteiger partial charge < -0.3 is 25.4 Å². The van der Waals surface area contributed by atoms with E-state index in [1.165, 1.54) is 31.4 Å². The molecule has 4 rings (SSSR count). The van der Waals surface area contributed by atoms with Gasteiger partial charge in [0.2, 0.25) is 0 Å². The molecule has 1 saturated carbocycles. The number of benzene rings is 2. The van der Waals surface area contributed by atoms with Crippen LogP contribution in [0.25, 0.3) is 0 Å². The SMILES string of the molecule is CCCN(CCC)C(=O)c1cc(C)cc(C(=O)N[C@@H](Cc2cc(F)cc(F)c2)[C@H](O)C2CCC(COC3CCCCC3)CN2)c1. The lowest BCUT2D eigenvalue weighted by atomic mass is 9.87. The summed E-state index contributed by atoms with van der Waals surface area (Å²) in [5.41, 5.74) is 1.83. The zero-order valence-electron chi connectivity index (χ0n) is 27.1. The molecule has 2 aromatic rings. The summed E-state index contributed by atoms with van der Waals surface area (Å²) < 4.78 is 34.4. The first-order valence-electron chi connectivity index (χ1n) is 16.9. The van der Waals surface area contributed by atoms with Crippen molar-refractivity contribution in [3.05, 3.63) is 70.3 Å². The predicted molar refractivity (Wildman–Crippen MR) is 172 cm³/mol. The molecule has 1 aliphatic heterocycles. The fourth-order valence-corrected chi connectivity index (χ4v) is 6.72. The Kier molecular flexibility index (Phi) is 13.3. The lowest BCUT2D eigenvalue weighted by molar-refractivity contribution is -0.00514. The van der Waals surface area contributed by atoms with Crippen molar-refractivity contribution in [1.82, 2.24) is 15.5 Å². The van der Waals surface area contributed by atoms with Crippen LogP contribution in [0.1, 0.15) is 103 Å². The number of amides is 2. The number of nitrogens with one attached hydrogen (secondary N) is 2. The Morgan fingerprint density at radius 3 is 2.24 bits per heavy atom. The van der Waals surface area contributed by atoms with Crippen LogP contribution in [0, 0.1) is 24.5 Å². The van der Waals surface area contributed by atoms with Gasteiger partial charge in [-0.05, 0) is 99.2 Å². The molecule has 0 radical (unpaired) electrons. The van der Waals surface area contributed by atoms with Crippen LogP contribution >= 0.6 is 0 Å². The second-order valence-electron chi connectivity index (χ2n) is 13.0. The van der Waals surface area contributed by atoms with Gasteiger partial charge in [0.25, 0.3) is 11.8 Å². The molecule has 1 aliphatic carbocycles. The smallest absolute Gasteiger partial charge is 0.253 e. The number of aliphatic hydroxyl groups excluding tert-OH is 1. The number of hydrogen-bond acceptors (Lipinski definition) is 5. The van der Waals surface area contributed by atoms with Crippen LogP contribution in [0.15, 0.2) is 36.4 Å². The fraction of sp³-hybridized carbons (Fsp3) is 0.611. The van der Waals surface area contributed by atoms with Crippen LogP contribution < -0.4 is 10.6 Å². The lowest BCUT2D eigenvalue weighted by Crippen LogP contribution is -2.56. The third-order valence-corrected chi connectivity index (χ3v) is 9.05. The summed E-state index contributed by atoms with van der Waals surface area (Å²) in [5, 5.41) is 18.0. The molecular formula is C36H51F2N3O4. The standard InChI is InChI=1S/C36H51F2N3O4/c1-4-13-41(14-5-2)36(44)28-16-24(3)15-27(20-28)35(43)40-33(19-26-17-29(37)21-30(38)18-26)34(42)32-12-11-25(22-39-32)23-45-31-9-7-6-8-10-31/h15-18,20-21,25,31-34,39,42H,4-14,19,22-23H2,1-3H3,(H,40,43)/t25?,32?,33-,34+/m0/s1. The first kappa shape index (κ1) is 35.0. The number of piperidine rings is 1. The topological polar surface area (TPSA) is 90.9 Å². The number of ether oxygens (including phenoxy) is 1. The number of nitrogens with zero attached hydrogens (tertiary/aromatic N) is 1. The van der Waals surface area contributed by atoms with Crippen molar-refractivity contribution in [2.45, 2.75) is 109 Å². The van der Waals surface area contributed by atoms with E-state index in [9.17, 15) is 23.5 Å². The Morgan fingerprint density at radius 2 is 1.62 bits per heavy atom. The van der Waals surface area contributed by atoms with Gasteiger partial charge >= 0.3 is 0 Å². The zero-order valence-corrected chi connectivity index (χ0v) is 27.1. The first-order valence-corrected chi connectivity index (χ1v) is 16.9. The maximum atomic E-state index is 14.1. The summed E-state index contributed by atoms with van der Waals surface area (Å²) in [6, 6.07) is 7.18. The molecular weight excluding hydrogens is 576 g/mol. The van der Waals surface area contributed by atoms with Gasteiger partial charge in [-0.3, -0.25) is 9.59 Å². The Labute approximate surface area is 267 Å². The Bertz CT molecular complexity index is 1230. The second-order valence-corrected chi connectivity index (χ2v) is 13.0. The number of carbonyl (C=O) groups is 2. The van der Waals surface area contributed by atoms with Crippen molar-refractivity contribution in [3.8, 4) is 0 Å². The molecule has 2 aliphatic rings. The van der Waals surface area contributed by atoms with Gasteiger partial charge in [0.1, 0.15) is 11.6 Å². The molecule has 1 heterocycles. The maximum absolute atomic E-state index is 14.1. The van der Waals surface area contributed by atoms with Crippen LogP contribution in [-0.4, -0.2) is 72.4 Å². The summed E-state index contributed by atoms with van der Waals surface area (Å²) in [5.74, 6) is -1.68. The number of hydrogen-bond donors (Lipinski definition) is 3. The van der Waals surface area contributed by atoms with Crippen molar-refractivity contribution in [2.24, 2.45) is 5.92 Å². The molecule has 0 aromatic heterocycles. The monoisotopic (exact) mass is 627 g/mol. The van der Waals surface area contributed by atoms with Gasteiger partial charge in [-0.1, -0.05) is 33.1 Å². The van der Waals surface area contributed by atoms with E-state index >= 15 is 0 Å². The van der Waals surface area contributed by atoms with E-state index in [4.69, 9.17) is 4.74 Å². The highest BCUT2D eigenvalue weighted by Gasteiger charge is 2.33. The molecule has 0 bridgehead atoms. The molecule has 2 aromatic carbocycles. The molecule has 45 heavy (non-hydrogen) atoms. The minimum absolute atomic E-state index is 0.0341. The molecule has 2 unspecified atom stereocenters. The molecule has 7 nitrogen and oxygen atoms in total. The summed E-state index contributed by atoms with van der Waals surface area (Å²) in [6.07, 6.45) is 8.53. The quantitative estimate of drug-likeness (QED) is 0.241. The lowest BCUT2D eigenvalue weighted by Gasteiger charge is -2.37. The largest absolute Gasteiger partial charge is 0.389 e. The zero-order chi connectivity index (χ0) is 32.3. The van der Waals surface area contributed by atoms with Crippen LogP contribution in [0.5, 0.6) is 0 Å². The van der Waals surface area contributed by atoms with Crippen molar-refractivity contribution >= 4 is 11.8 Å². The van der Waals surface area contributed by atoms with Gasteiger partial charge in [-0.2, -0.15) is 0 Å². The third kappa shape index (κ3) is 10.3. The van der Waals surface area contributed by atoms with Crippen molar-refractivity contribution in [2.75, 3.05) is 26.2 Å². The van der Waals surface area contributed by atoms with Gasteiger partial charge in [-0.25, -0.2) is 8.78 Å². The van der Waals surface area contributed by atoms with Crippen LogP contribution in [0.2, 0.25) is 0 Å². The average Bonchev–Trinajstić information content (AvgIpc) is 3.02. The Morgan fingerprint density at radius 1 is 0.956 bits per heavy atom. The van der Waals surface area contributed by atoms with E-state index in [2.05, 4.69) is 10.6 Å². The molecule has 2 fully saturated rings.